The molecular formula is C9H18N2O. The summed E-state index contributed by atoms with van der Waals surface area (Å²) in [5.74, 6) is 0.466. The van der Waals surface area contributed by atoms with Crippen molar-refractivity contribution in [3.05, 3.63) is 0 Å². The Morgan fingerprint density at radius 2 is 1.83 bits per heavy atom. The molecule has 1 rings (SSSR count). The van der Waals surface area contributed by atoms with Crippen molar-refractivity contribution in [1.29, 1.82) is 0 Å². The van der Waals surface area contributed by atoms with Crippen molar-refractivity contribution in [3.63, 3.8) is 0 Å². The smallest absolute Gasteiger partial charge is 0.227 e. The summed E-state index contributed by atoms with van der Waals surface area (Å²) < 4.78 is 0. The average molecular weight is 170 g/mol. The molecule has 0 heterocycles. The first kappa shape index (κ1) is 9.52. The van der Waals surface area contributed by atoms with E-state index in [4.69, 9.17) is 0 Å². The third-order valence-electron chi connectivity index (χ3n) is 2.97. The minimum absolute atomic E-state index is 0.112. The van der Waals surface area contributed by atoms with E-state index in [0.29, 0.717) is 0 Å². The van der Waals surface area contributed by atoms with Gasteiger partial charge in [-0.1, -0.05) is 0 Å². The molecule has 12 heavy (non-hydrogen) atoms. The molecular weight excluding hydrogens is 152 g/mol. The SMILES string of the molecule is CN(C)C(=O)C1CC1(C)N(C)C. The molecule has 0 aromatic heterocycles. The van der Waals surface area contributed by atoms with Crippen LogP contribution in [0.4, 0.5) is 0 Å². The van der Waals surface area contributed by atoms with Crippen LogP contribution < -0.4 is 0 Å². The highest BCUT2D eigenvalue weighted by atomic mass is 16.2. The van der Waals surface area contributed by atoms with Gasteiger partial charge in [0.2, 0.25) is 5.91 Å². The second-order valence-electron chi connectivity index (χ2n) is 4.24. The number of carbonyl (C=O) groups is 1. The molecule has 2 atom stereocenters. The van der Waals surface area contributed by atoms with Gasteiger partial charge in [0, 0.05) is 19.6 Å². The normalized spacial score (nSPS) is 33.7. The number of rotatable bonds is 2. The van der Waals surface area contributed by atoms with Crippen molar-refractivity contribution in [2.45, 2.75) is 18.9 Å². The number of carbonyl (C=O) groups excluding carboxylic acids is 1. The van der Waals surface area contributed by atoms with E-state index in [9.17, 15) is 4.79 Å². The van der Waals surface area contributed by atoms with Gasteiger partial charge in [0.15, 0.2) is 0 Å². The first-order valence-corrected chi connectivity index (χ1v) is 4.28. The van der Waals surface area contributed by atoms with Crippen LogP contribution >= 0.6 is 0 Å². The molecule has 1 fully saturated rings. The maximum atomic E-state index is 11.5. The third-order valence-corrected chi connectivity index (χ3v) is 2.97. The summed E-state index contributed by atoms with van der Waals surface area (Å²) in [4.78, 5) is 15.3. The van der Waals surface area contributed by atoms with Gasteiger partial charge < -0.3 is 9.80 Å². The predicted molar refractivity (Wildman–Crippen MR) is 48.9 cm³/mol. The van der Waals surface area contributed by atoms with Gasteiger partial charge in [0.25, 0.3) is 0 Å². The molecule has 1 aliphatic rings. The second-order valence-corrected chi connectivity index (χ2v) is 4.24. The van der Waals surface area contributed by atoms with Crippen LogP contribution in [0.1, 0.15) is 13.3 Å². The molecule has 0 aliphatic heterocycles. The minimum Gasteiger partial charge on any atom is -0.349 e. The minimum atomic E-state index is 0.112. The number of hydrogen-bond donors (Lipinski definition) is 0. The van der Waals surface area contributed by atoms with Gasteiger partial charge in [0.05, 0.1) is 5.92 Å². The average Bonchev–Trinajstić information content (AvgIpc) is 2.62. The van der Waals surface area contributed by atoms with Crippen LogP contribution in [0.3, 0.4) is 0 Å². The van der Waals surface area contributed by atoms with E-state index in [1.807, 2.05) is 28.2 Å². The van der Waals surface area contributed by atoms with Crippen molar-refractivity contribution in [2.75, 3.05) is 28.2 Å². The highest BCUT2D eigenvalue weighted by Crippen LogP contribution is 2.47. The lowest BCUT2D eigenvalue weighted by Gasteiger charge is -2.21. The molecule has 1 aliphatic carbocycles. The quantitative estimate of drug-likeness (QED) is 0.599. The molecule has 3 heteroatoms. The van der Waals surface area contributed by atoms with E-state index >= 15 is 0 Å². The van der Waals surface area contributed by atoms with Gasteiger partial charge >= 0.3 is 0 Å². The Balaban J connectivity index is 2.57. The molecule has 70 valence electrons. The third kappa shape index (κ3) is 1.33. The lowest BCUT2D eigenvalue weighted by atomic mass is 10.2. The highest BCUT2D eigenvalue weighted by Gasteiger charge is 2.56. The van der Waals surface area contributed by atoms with Crippen molar-refractivity contribution < 1.29 is 4.79 Å². The van der Waals surface area contributed by atoms with Crippen molar-refractivity contribution in [3.8, 4) is 0 Å². The molecule has 0 radical (unpaired) electrons. The van der Waals surface area contributed by atoms with Crippen LogP contribution in [0.15, 0.2) is 0 Å². The van der Waals surface area contributed by atoms with Crippen LogP contribution in [-0.4, -0.2) is 49.4 Å². The lowest BCUT2D eigenvalue weighted by molar-refractivity contribution is -0.130. The standard InChI is InChI=1S/C9H18N2O/c1-9(11(4)5)6-7(9)8(12)10(2)3/h7H,6H2,1-5H3. The van der Waals surface area contributed by atoms with E-state index in [-0.39, 0.29) is 17.4 Å². The molecule has 0 spiro atoms. The Bertz CT molecular complexity index is 201. The Morgan fingerprint density at radius 3 is 2.08 bits per heavy atom. The maximum Gasteiger partial charge on any atom is 0.227 e. The topological polar surface area (TPSA) is 23.6 Å². The molecule has 1 saturated carbocycles. The van der Waals surface area contributed by atoms with Crippen LogP contribution in [0.25, 0.3) is 0 Å². The van der Waals surface area contributed by atoms with Crippen LogP contribution in [0.2, 0.25) is 0 Å². The lowest BCUT2D eigenvalue weighted by Crippen LogP contribution is -2.34. The monoisotopic (exact) mass is 170 g/mol. The molecule has 2 unspecified atom stereocenters. The van der Waals surface area contributed by atoms with Crippen molar-refractivity contribution >= 4 is 5.91 Å². The largest absolute Gasteiger partial charge is 0.349 e. The van der Waals surface area contributed by atoms with Gasteiger partial charge in [-0.25, -0.2) is 0 Å². The molecule has 0 bridgehead atoms. The summed E-state index contributed by atoms with van der Waals surface area (Å²) in [6, 6.07) is 0. The van der Waals surface area contributed by atoms with E-state index in [1.54, 1.807) is 4.90 Å². The van der Waals surface area contributed by atoms with Crippen molar-refractivity contribution in [1.82, 2.24) is 9.80 Å². The number of nitrogens with zero attached hydrogens (tertiary/aromatic N) is 2. The molecule has 0 saturated heterocycles. The zero-order valence-corrected chi connectivity index (χ0v) is 8.59. The van der Waals surface area contributed by atoms with Crippen LogP contribution in [-0.2, 0) is 4.79 Å². The van der Waals surface area contributed by atoms with Gasteiger partial charge in [-0.2, -0.15) is 0 Å². The summed E-state index contributed by atoms with van der Waals surface area (Å²) in [7, 11) is 7.69. The fraction of sp³-hybridized carbons (Fsp3) is 0.889. The number of hydrogen-bond acceptors (Lipinski definition) is 2. The van der Waals surface area contributed by atoms with Gasteiger partial charge in [-0.3, -0.25) is 4.79 Å². The van der Waals surface area contributed by atoms with Gasteiger partial charge in [-0.15, -0.1) is 0 Å². The van der Waals surface area contributed by atoms with E-state index in [0.717, 1.165) is 6.42 Å². The molecule has 3 nitrogen and oxygen atoms in total. The fourth-order valence-electron chi connectivity index (χ4n) is 1.51. The Hall–Kier alpha value is -0.570. The van der Waals surface area contributed by atoms with Crippen LogP contribution in [0.5, 0.6) is 0 Å². The predicted octanol–water partition coefficient (Wildman–Crippen LogP) is 0.415. The van der Waals surface area contributed by atoms with Crippen LogP contribution in [0, 0.1) is 5.92 Å². The van der Waals surface area contributed by atoms with E-state index in [1.165, 1.54) is 0 Å². The number of amides is 1. The summed E-state index contributed by atoms with van der Waals surface area (Å²) in [6.45, 7) is 2.14. The molecule has 0 N–H and O–H groups in total. The first-order valence-electron chi connectivity index (χ1n) is 4.28. The highest BCUT2D eigenvalue weighted by molar-refractivity contribution is 5.83. The Labute approximate surface area is 74.3 Å². The second kappa shape index (κ2) is 2.73. The fourth-order valence-corrected chi connectivity index (χ4v) is 1.51. The van der Waals surface area contributed by atoms with Crippen molar-refractivity contribution in [2.24, 2.45) is 5.92 Å². The summed E-state index contributed by atoms with van der Waals surface area (Å²) in [5, 5.41) is 0. The molecule has 0 aromatic carbocycles. The first-order chi connectivity index (χ1) is 5.39. The maximum absolute atomic E-state index is 11.5. The van der Waals surface area contributed by atoms with E-state index in [2.05, 4.69) is 11.8 Å². The molecule has 0 aromatic rings. The zero-order valence-electron chi connectivity index (χ0n) is 8.59. The van der Waals surface area contributed by atoms with Gasteiger partial charge in [-0.05, 0) is 27.4 Å². The van der Waals surface area contributed by atoms with E-state index < -0.39 is 0 Å². The Kier molecular flexibility index (Phi) is 2.17. The Morgan fingerprint density at radius 1 is 1.33 bits per heavy atom. The zero-order chi connectivity index (χ0) is 9.52. The summed E-state index contributed by atoms with van der Waals surface area (Å²) in [6.07, 6.45) is 0.997. The molecule has 1 amide bonds. The summed E-state index contributed by atoms with van der Waals surface area (Å²) in [5.41, 5.74) is 0.112. The van der Waals surface area contributed by atoms with Gasteiger partial charge in [0.1, 0.15) is 0 Å². The summed E-state index contributed by atoms with van der Waals surface area (Å²) >= 11 is 0.